The Labute approximate surface area is 91.5 Å². The van der Waals surface area contributed by atoms with Crippen LogP contribution in [0.3, 0.4) is 0 Å². The molecule has 1 aromatic heterocycles. The molecule has 2 rings (SSSR count). The Bertz CT molecular complexity index is 456. The smallest absolute Gasteiger partial charge is 0.252 e. The van der Waals surface area contributed by atoms with Crippen molar-refractivity contribution in [2.24, 2.45) is 0 Å². The van der Waals surface area contributed by atoms with Crippen LogP contribution in [-0.4, -0.2) is 15.2 Å². The topological polar surface area (TPSA) is 59.2 Å². The number of rotatable bonds is 3. The van der Waals surface area contributed by atoms with Crippen molar-refractivity contribution >= 4 is 11.6 Å². The average molecular weight is 225 g/mol. The van der Waals surface area contributed by atoms with E-state index in [4.69, 9.17) is 21.2 Å². The Balaban J connectivity index is 2.18. The van der Waals surface area contributed by atoms with E-state index < -0.39 is 0 Å². The maximum absolute atomic E-state index is 8.75. The molecule has 2 aromatic rings. The molecule has 0 fully saturated rings. The zero-order chi connectivity index (χ0) is 10.7. The number of benzene rings is 1. The summed E-state index contributed by atoms with van der Waals surface area (Å²) in [5.41, 5.74) is 0.935. The lowest BCUT2D eigenvalue weighted by molar-refractivity contribution is 0.222. The summed E-state index contributed by atoms with van der Waals surface area (Å²) >= 11 is 5.98. The van der Waals surface area contributed by atoms with E-state index in [-0.39, 0.29) is 12.5 Å². The molecule has 1 N–H and O–H groups in total. The van der Waals surface area contributed by atoms with Crippen LogP contribution in [0.2, 0.25) is 5.02 Å². The van der Waals surface area contributed by atoms with Gasteiger partial charge in [0.05, 0.1) is 0 Å². The lowest BCUT2D eigenvalue weighted by Gasteiger charge is -1.98. The highest BCUT2D eigenvalue weighted by molar-refractivity contribution is 6.31. The van der Waals surface area contributed by atoms with Gasteiger partial charge in [0.1, 0.15) is 6.61 Å². The second kappa shape index (κ2) is 4.42. The molecule has 15 heavy (non-hydrogen) atoms. The molecule has 5 heteroatoms. The number of aromatic nitrogens is 2. The first kappa shape index (κ1) is 10.1. The molecule has 0 spiro atoms. The number of aliphatic hydroxyl groups is 1. The Morgan fingerprint density at radius 3 is 2.80 bits per heavy atom. The highest BCUT2D eigenvalue weighted by Gasteiger charge is 2.07. The molecule has 0 unspecified atom stereocenters. The van der Waals surface area contributed by atoms with Gasteiger partial charge in [-0.15, -0.1) is 0 Å². The van der Waals surface area contributed by atoms with Crippen molar-refractivity contribution in [1.82, 2.24) is 10.1 Å². The first-order valence-electron chi connectivity index (χ1n) is 4.45. The number of hydrogen-bond donors (Lipinski definition) is 1. The van der Waals surface area contributed by atoms with Crippen molar-refractivity contribution in [3.05, 3.63) is 46.6 Å². The van der Waals surface area contributed by atoms with E-state index in [2.05, 4.69) is 10.1 Å². The van der Waals surface area contributed by atoms with Crippen molar-refractivity contribution in [2.45, 2.75) is 13.0 Å². The van der Waals surface area contributed by atoms with E-state index in [0.717, 1.165) is 5.56 Å². The minimum absolute atomic E-state index is 0.219. The normalized spacial score (nSPS) is 10.5. The molecule has 1 heterocycles. The number of nitrogens with zero attached hydrogens (tertiary/aromatic N) is 2. The Morgan fingerprint density at radius 1 is 1.33 bits per heavy atom. The third kappa shape index (κ3) is 2.34. The van der Waals surface area contributed by atoms with Crippen LogP contribution in [0.1, 0.15) is 17.3 Å². The fraction of sp³-hybridized carbons (Fsp3) is 0.200. The Morgan fingerprint density at radius 2 is 2.13 bits per heavy atom. The summed E-state index contributed by atoms with van der Waals surface area (Å²) in [6.45, 7) is -0.241. The van der Waals surface area contributed by atoms with Gasteiger partial charge in [-0.3, -0.25) is 0 Å². The van der Waals surface area contributed by atoms with E-state index >= 15 is 0 Å². The molecule has 1 aromatic carbocycles. The van der Waals surface area contributed by atoms with E-state index in [0.29, 0.717) is 17.3 Å². The molecule has 0 saturated carbocycles. The first-order chi connectivity index (χ1) is 7.29. The summed E-state index contributed by atoms with van der Waals surface area (Å²) in [4.78, 5) is 3.98. The molecular weight excluding hydrogens is 216 g/mol. The fourth-order valence-corrected chi connectivity index (χ4v) is 1.44. The molecule has 0 amide bonds. The SMILES string of the molecule is OCc1nc(Cc2ccccc2Cl)no1. The lowest BCUT2D eigenvalue weighted by Crippen LogP contribution is -1.92. The Kier molecular flexibility index (Phi) is 2.99. The van der Waals surface area contributed by atoms with Crippen LogP contribution in [0, 0.1) is 0 Å². The largest absolute Gasteiger partial charge is 0.387 e. The predicted octanol–water partition coefficient (Wildman–Crippen LogP) is 1.81. The van der Waals surface area contributed by atoms with Crippen LogP contribution in [-0.2, 0) is 13.0 Å². The predicted molar refractivity (Wildman–Crippen MR) is 54.5 cm³/mol. The molecule has 0 radical (unpaired) electrons. The van der Waals surface area contributed by atoms with E-state index in [9.17, 15) is 0 Å². The monoisotopic (exact) mass is 224 g/mol. The van der Waals surface area contributed by atoms with Crippen LogP contribution in [0.4, 0.5) is 0 Å². The second-order valence-electron chi connectivity index (χ2n) is 3.03. The van der Waals surface area contributed by atoms with Crippen LogP contribution < -0.4 is 0 Å². The van der Waals surface area contributed by atoms with Crippen LogP contribution in [0.15, 0.2) is 28.8 Å². The van der Waals surface area contributed by atoms with Crippen molar-refractivity contribution in [1.29, 1.82) is 0 Å². The second-order valence-corrected chi connectivity index (χ2v) is 3.44. The van der Waals surface area contributed by atoms with Gasteiger partial charge in [-0.1, -0.05) is 35.0 Å². The van der Waals surface area contributed by atoms with Gasteiger partial charge in [0.15, 0.2) is 5.82 Å². The summed E-state index contributed by atoms with van der Waals surface area (Å²) in [5, 5.41) is 13.1. The van der Waals surface area contributed by atoms with Crippen molar-refractivity contribution in [3.63, 3.8) is 0 Å². The molecular formula is C10H9ClN2O2. The van der Waals surface area contributed by atoms with Gasteiger partial charge in [0, 0.05) is 11.4 Å². The van der Waals surface area contributed by atoms with Crippen LogP contribution >= 0.6 is 11.6 Å². The van der Waals surface area contributed by atoms with Gasteiger partial charge in [0.25, 0.3) is 5.89 Å². The molecule has 4 nitrogen and oxygen atoms in total. The maximum atomic E-state index is 8.75. The number of aliphatic hydroxyl groups excluding tert-OH is 1. The van der Waals surface area contributed by atoms with Gasteiger partial charge in [0.2, 0.25) is 0 Å². The third-order valence-electron chi connectivity index (χ3n) is 1.95. The lowest BCUT2D eigenvalue weighted by atomic mass is 10.1. The molecule has 0 aliphatic rings. The number of hydrogen-bond acceptors (Lipinski definition) is 4. The highest BCUT2D eigenvalue weighted by Crippen LogP contribution is 2.17. The summed E-state index contributed by atoms with van der Waals surface area (Å²) in [5.74, 6) is 0.740. The molecule has 0 saturated heterocycles. The molecule has 0 atom stereocenters. The fourth-order valence-electron chi connectivity index (χ4n) is 1.24. The van der Waals surface area contributed by atoms with Crippen LogP contribution in [0.5, 0.6) is 0 Å². The molecule has 0 bridgehead atoms. The van der Waals surface area contributed by atoms with Crippen molar-refractivity contribution in [2.75, 3.05) is 0 Å². The summed E-state index contributed by atoms with van der Waals surface area (Å²) < 4.78 is 4.77. The summed E-state index contributed by atoms with van der Waals surface area (Å²) in [6, 6.07) is 7.47. The Hall–Kier alpha value is -1.39. The van der Waals surface area contributed by atoms with Crippen molar-refractivity contribution < 1.29 is 9.63 Å². The zero-order valence-electron chi connectivity index (χ0n) is 7.85. The highest BCUT2D eigenvalue weighted by atomic mass is 35.5. The summed E-state index contributed by atoms with van der Waals surface area (Å²) in [6.07, 6.45) is 0.503. The molecule has 78 valence electrons. The van der Waals surface area contributed by atoms with Gasteiger partial charge >= 0.3 is 0 Å². The third-order valence-corrected chi connectivity index (χ3v) is 2.32. The first-order valence-corrected chi connectivity index (χ1v) is 4.83. The standard InChI is InChI=1S/C10H9ClN2O2/c11-8-4-2-1-3-7(8)5-9-12-10(6-14)15-13-9/h1-4,14H,5-6H2. The van der Waals surface area contributed by atoms with Crippen molar-refractivity contribution in [3.8, 4) is 0 Å². The number of halogens is 1. The van der Waals surface area contributed by atoms with Gasteiger partial charge in [-0.25, -0.2) is 0 Å². The summed E-state index contributed by atoms with van der Waals surface area (Å²) in [7, 11) is 0. The quantitative estimate of drug-likeness (QED) is 0.864. The average Bonchev–Trinajstić information content (AvgIpc) is 2.69. The van der Waals surface area contributed by atoms with Gasteiger partial charge in [-0.2, -0.15) is 4.98 Å². The van der Waals surface area contributed by atoms with Crippen LogP contribution in [0.25, 0.3) is 0 Å². The van der Waals surface area contributed by atoms with E-state index in [1.807, 2.05) is 24.3 Å². The zero-order valence-corrected chi connectivity index (χ0v) is 8.61. The van der Waals surface area contributed by atoms with Gasteiger partial charge in [-0.05, 0) is 11.6 Å². The minimum Gasteiger partial charge on any atom is -0.387 e. The van der Waals surface area contributed by atoms with E-state index in [1.165, 1.54) is 0 Å². The van der Waals surface area contributed by atoms with E-state index in [1.54, 1.807) is 0 Å². The van der Waals surface area contributed by atoms with Gasteiger partial charge < -0.3 is 9.63 Å². The minimum atomic E-state index is -0.241. The molecule has 0 aliphatic heterocycles. The maximum Gasteiger partial charge on any atom is 0.252 e. The molecule has 0 aliphatic carbocycles.